The number of allylic oxidation sites excluding steroid dienone is 4. The van der Waals surface area contributed by atoms with Crippen LogP contribution in [0.1, 0.15) is 49.9 Å². The average Bonchev–Trinajstić information content (AvgIpc) is 3.15. The van der Waals surface area contributed by atoms with Crippen molar-refractivity contribution in [3.63, 3.8) is 0 Å². The highest BCUT2D eigenvalue weighted by Gasteiger charge is 2.56. The van der Waals surface area contributed by atoms with Crippen molar-refractivity contribution < 1.29 is 39.1 Å². The molecule has 0 spiro atoms. The lowest BCUT2D eigenvalue weighted by molar-refractivity contribution is -0.169. The van der Waals surface area contributed by atoms with Crippen molar-refractivity contribution in [2.75, 3.05) is 14.2 Å². The van der Waals surface area contributed by atoms with Crippen LogP contribution in [0.5, 0.6) is 17.2 Å². The summed E-state index contributed by atoms with van der Waals surface area (Å²) in [5.74, 6) is -2.54. The van der Waals surface area contributed by atoms with E-state index in [-0.39, 0.29) is 47.0 Å². The first kappa shape index (κ1) is 28.4. The number of rotatable bonds is 9. The molecule has 0 saturated carbocycles. The fourth-order valence-electron chi connectivity index (χ4n) is 4.46. The third kappa shape index (κ3) is 5.54. The fraction of sp³-hybridized carbons (Fsp3) is 0.333. The maximum atomic E-state index is 13.5. The van der Waals surface area contributed by atoms with Crippen molar-refractivity contribution in [2.24, 2.45) is 0 Å². The Bertz CT molecular complexity index is 1340. The smallest absolute Gasteiger partial charge is 0.375 e. The van der Waals surface area contributed by atoms with Crippen molar-refractivity contribution >= 4 is 17.5 Å². The first-order valence-electron chi connectivity index (χ1n) is 12.2. The molecule has 3 rings (SSSR count). The lowest BCUT2D eigenvalue weighted by Gasteiger charge is -2.29. The summed E-state index contributed by atoms with van der Waals surface area (Å²) < 4.78 is 16.3. The summed E-state index contributed by atoms with van der Waals surface area (Å²) in [5, 5.41) is 31.4. The van der Waals surface area contributed by atoms with Crippen LogP contribution in [0.2, 0.25) is 0 Å². The second-order valence-electron chi connectivity index (χ2n) is 9.69. The van der Waals surface area contributed by atoms with E-state index >= 15 is 0 Å². The first-order chi connectivity index (χ1) is 17.9. The molecular formula is C30H34O8. The third-order valence-electron chi connectivity index (χ3n) is 6.37. The molecule has 2 aromatic carbocycles. The number of phenolic OH excluding ortho intramolecular Hbond substituents is 3. The van der Waals surface area contributed by atoms with Gasteiger partial charge in [-0.1, -0.05) is 41.5 Å². The van der Waals surface area contributed by atoms with Gasteiger partial charge < -0.3 is 29.5 Å². The Morgan fingerprint density at radius 3 is 2.18 bits per heavy atom. The molecule has 0 bridgehead atoms. The van der Waals surface area contributed by atoms with Crippen LogP contribution in [0.4, 0.5) is 0 Å². The fourth-order valence-corrected chi connectivity index (χ4v) is 4.46. The minimum absolute atomic E-state index is 0.0863. The standard InChI is InChI=1S/C30H34O8/c1-17(2)7-10-20-15-19(9-13-23(20)31)16-30(29(35)37-6)25(27(36-5)28(34)38-30)21-12-14-24(32)26(33)22(21)11-8-18(3)4/h7-9,12-15,31-33H,10-11,16H2,1-6H3/t30-/m1/s1. The number of aromatic hydroxyl groups is 3. The van der Waals surface area contributed by atoms with Gasteiger partial charge in [-0.05, 0) is 69.4 Å². The summed E-state index contributed by atoms with van der Waals surface area (Å²) in [4.78, 5) is 26.5. The van der Waals surface area contributed by atoms with Crippen LogP contribution in [0.25, 0.3) is 5.57 Å². The van der Waals surface area contributed by atoms with Gasteiger partial charge in [0.25, 0.3) is 0 Å². The molecule has 0 radical (unpaired) electrons. The predicted octanol–water partition coefficient (Wildman–Crippen LogP) is 4.89. The molecule has 0 unspecified atom stereocenters. The van der Waals surface area contributed by atoms with E-state index in [0.717, 1.165) is 11.1 Å². The first-order valence-corrected chi connectivity index (χ1v) is 12.2. The van der Waals surface area contributed by atoms with Crippen molar-refractivity contribution in [3.8, 4) is 17.2 Å². The van der Waals surface area contributed by atoms with Crippen LogP contribution in [0, 0.1) is 0 Å². The molecule has 0 aromatic heterocycles. The molecule has 202 valence electrons. The van der Waals surface area contributed by atoms with Gasteiger partial charge in [-0.15, -0.1) is 0 Å². The highest BCUT2D eigenvalue weighted by Crippen LogP contribution is 2.47. The summed E-state index contributed by atoms with van der Waals surface area (Å²) >= 11 is 0. The van der Waals surface area contributed by atoms with Crippen LogP contribution in [-0.4, -0.2) is 47.1 Å². The number of carbonyl (C=O) groups is 2. The summed E-state index contributed by atoms with van der Waals surface area (Å²) in [5.41, 5.74) is 2.00. The van der Waals surface area contributed by atoms with Gasteiger partial charge in [-0.25, -0.2) is 9.59 Å². The summed E-state index contributed by atoms with van der Waals surface area (Å²) in [6, 6.07) is 7.70. The zero-order valence-electron chi connectivity index (χ0n) is 22.5. The van der Waals surface area contributed by atoms with Gasteiger partial charge in [0, 0.05) is 12.0 Å². The summed E-state index contributed by atoms with van der Waals surface area (Å²) in [6.45, 7) is 7.68. The Hall–Kier alpha value is -4.20. The normalized spacial score (nSPS) is 16.6. The van der Waals surface area contributed by atoms with Gasteiger partial charge in [0.05, 0.1) is 19.8 Å². The lowest BCUT2D eigenvalue weighted by Crippen LogP contribution is -2.44. The molecule has 8 nitrogen and oxygen atoms in total. The third-order valence-corrected chi connectivity index (χ3v) is 6.37. The Morgan fingerprint density at radius 2 is 1.58 bits per heavy atom. The van der Waals surface area contributed by atoms with E-state index in [1.54, 1.807) is 12.1 Å². The minimum atomic E-state index is -1.95. The largest absolute Gasteiger partial charge is 0.508 e. The van der Waals surface area contributed by atoms with E-state index in [4.69, 9.17) is 14.2 Å². The number of benzene rings is 2. The van der Waals surface area contributed by atoms with Crippen molar-refractivity contribution in [2.45, 2.75) is 52.6 Å². The van der Waals surface area contributed by atoms with Gasteiger partial charge in [0.15, 0.2) is 11.5 Å². The minimum Gasteiger partial charge on any atom is -0.508 e. The van der Waals surface area contributed by atoms with Crippen LogP contribution in [0.15, 0.2) is 59.4 Å². The lowest BCUT2D eigenvalue weighted by atomic mass is 9.80. The maximum Gasteiger partial charge on any atom is 0.375 e. The molecule has 1 aliphatic heterocycles. The van der Waals surface area contributed by atoms with E-state index in [1.165, 1.54) is 32.4 Å². The van der Waals surface area contributed by atoms with Crippen LogP contribution < -0.4 is 0 Å². The zero-order chi connectivity index (χ0) is 28.2. The number of phenols is 3. The highest BCUT2D eigenvalue weighted by molar-refractivity contribution is 6.12. The van der Waals surface area contributed by atoms with E-state index in [0.29, 0.717) is 23.1 Å². The zero-order valence-corrected chi connectivity index (χ0v) is 22.5. The highest BCUT2D eigenvalue weighted by atomic mass is 16.6. The molecule has 8 heteroatoms. The monoisotopic (exact) mass is 522 g/mol. The van der Waals surface area contributed by atoms with Crippen LogP contribution in [-0.2, 0) is 43.1 Å². The number of ether oxygens (including phenoxy) is 3. The van der Waals surface area contributed by atoms with Gasteiger partial charge in [-0.3, -0.25) is 0 Å². The van der Waals surface area contributed by atoms with Gasteiger partial charge in [0.1, 0.15) is 5.75 Å². The second kappa shape index (κ2) is 11.5. The van der Waals surface area contributed by atoms with Crippen molar-refractivity contribution in [1.82, 2.24) is 0 Å². The Labute approximate surface area is 222 Å². The molecule has 0 fully saturated rings. The van der Waals surface area contributed by atoms with Crippen LogP contribution >= 0.6 is 0 Å². The molecule has 0 saturated heterocycles. The maximum absolute atomic E-state index is 13.5. The van der Waals surface area contributed by atoms with Gasteiger partial charge >= 0.3 is 11.9 Å². The molecule has 1 aliphatic rings. The molecule has 0 amide bonds. The van der Waals surface area contributed by atoms with Crippen molar-refractivity contribution in [3.05, 3.63) is 81.6 Å². The van der Waals surface area contributed by atoms with Crippen LogP contribution in [0.3, 0.4) is 0 Å². The average molecular weight is 523 g/mol. The molecule has 1 heterocycles. The summed E-state index contributed by atoms with van der Waals surface area (Å²) in [7, 11) is 2.48. The number of esters is 2. The number of carbonyl (C=O) groups excluding carboxylic acids is 2. The Kier molecular flexibility index (Phi) is 8.56. The molecule has 2 aromatic rings. The van der Waals surface area contributed by atoms with E-state index in [2.05, 4.69) is 0 Å². The van der Waals surface area contributed by atoms with Crippen molar-refractivity contribution in [1.29, 1.82) is 0 Å². The molecule has 3 N–H and O–H groups in total. The quantitative estimate of drug-likeness (QED) is 0.242. The van der Waals surface area contributed by atoms with Gasteiger partial charge in [0.2, 0.25) is 11.4 Å². The second-order valence-corrected chi connectivity index (χ2v) is 9.69. The number of hydrogen-bond acceptors (Lipinski definition) is 8. The van der Waals surface area contributed by atoms with Gasteiger partial charge in [-0.2, -0.15) is 0 Å². The topological polar surface area (TPSA) is 123 Å². The molecule has 0 aliphatic carbocycles. The number of cyclic esters (lactones) is 1. The molecule has 38 heavy (non-hydrogen) atoms. The molecular weight excluding hydrogens is 488 g/mol. The Morgan fingerprint density at radius 1 is 0.947 bits per heavy atom. The number of hydrogen-bond donors (Lipinski definition) is 3. The summed E-state index contributed by atoms with van der Waals surface area (Å²) in [6.07, 6.45) is 4.36. The molecule has 1 atom stereocenters. The SMILES string of the molecule is COC(=O)[C@]1(Cc2ccc(O)c(CC=C(C)C)c2)OC(=O)C(OC)=C1c1ccc(O)c(O)c1CC=C(C)C. The van der Waals surface area contributed by atoms with E-state index in [9.17, 15) is 24.9 Å². The Balaban J connectivity index is 2.28. The van der Waals surface area contributed by atoms with E-state index < -0.39 is 17.5 Å². The number of methoxy groups -OCH3 is 2. The predicted molar refractivity (Wildman–Crippen MR) is 143 cm³/mol. The van der Waals surface area contributed by atoms with E-state index in [1.807, 2.05) is 39.8 Å².